The number of rotatable bonds is 4. The first-order chi connectivity index (χ1) is 12.8. The van der Waals surface area contributed by atoms with E-state index in [1.807, 2.05) is 0 Å². The monoisotopic (exact) mass is 391 g/mol. The molecule has 0 aliphatic rings. The Morgan fingerprint density at radius 1 is 1.30 bits per heavy atom. The van der Waals surface area contributed by atoms with E-state index in [9.17, 15) is 9.18 Å². The zero-order valence-electron chi connectivity index (χ0n) is 14.3. The average Bonchev–Trinajstić information content (AvgIpc) is 2.98. The van der Waals surface area contributed by atoms with Crippen LogP contribution in [0.15, 0.2) is 30.9 Å². The molecule has 0 unspecified atom stereocenters. The van der Waals surface area contributed by atoms with E-state index in [2.05, 4.69) is 25.4 Å². The van der Waals surface area contributed by atoms with E-state index in [4.69, 9.17) is 22.1 Å². The summed E-state index contributed by atoms with van der Waals surface area (Å²) in [6.45, 7) is 1.55. The highest BCUT2D eigenvalue weighted by atomic mass is 35.5. The van der Waals surface area contributed by atoms with Gasteiger partial charge >= 0.3 is 6.09 Å². The standard InChI is InChI=1S/C16H15ClFN7O2/c1-8(11-3-9(18)4-20-13(11)17)27-16(26)24-15-12(7-23-25(15)2)14-21-5-10(19)6-22-14/h3-8H,19H2,1-2H3,(H,24,26)/t8-/m1/s1. The summed E-state index contributed by atoms with van der Waals surface area (Å²) in [4.78, 5) is 24.2. The lowest BCUT2D eigenvalue weighted by Gasteiger charge is -2.15. The van der Waals surface area contributed by atoms with Gasteiger partial charge in [0, 0.05) is 12.6 Å². The van der Waals surface area contributed by atoms with Crippen LogP contribution in [0, 0.1) is 5.82 Å². The summed E-state index contributed by atoms with van der Waals surface area (Å²) in [6, 6.07) is 1.16. The largest absolute Gasteiger partial charge is 0.441 e. The molecule has 27 heavy (non-hydrogen) atoms. The molecule has 1 atom stereocenters. The Hall–Kier alpha value is -3.27. The zero-order chi connectivity index (χ0) is 19.6. The number of halogens is 2. The van der Waals surface area contributed by atoms with E-state index in [-0.39, 0.29) is 10.7 Å². The molecule has 0 saturated carbocycles. The molecule has 0 fully saturated rings. The van der Waals surface area contributed by atoms with Gasteiger partial charge in [-0.25, -0.2) is 24.1 Å². The van der Waals surface area contributed by atoms with Crippen molar-refractivity contribution in [2.75, 3.05) is 11.1 Å². The molecule has 3 N–H and O–H groups in total. The molecule has 0 aliphatic heterocycles. The molecule has 0 bridgehead atoms. The van der Waals surface area contributed by atoms with Crippen molar-refractivity contribution in [3.63, 3.8) is 0 Å². The maximum Gasteiger partial charge on any atom is 0.413 e. The fourth-order valence-electron chi connectivity index (χ4n) is 2.30. The highest BCUT2D eigenvalue weighted by Crippen LogP contribution is 2.27. The Bertz CT molecular complexity index is 977. The van der Waals surface area contributed by atoms with Gasteiger partial charge in [-0.2, -0.15) is 5.10 Å². The Labute approximate surface area is 158 Å². The second kappa shape index (κ2) is 7.54. The third kappa shape index (κ3) is 4.11. The molecule has 0 aromatic carbocycles. The van der Waals surface area contributed by atoms with E-state index in [1.54, 1.807) is 14.0 Å². The Morgan fingerprint density at radius 3 is 2.70 bits per heavy atom. The minimum atomic E-state index is -0.829. The van der Waals surface area contributed by atoms with Gasteiger partial charge in [0.1, 0.15) is 22.9 Å². The third-order valence-corrected chi connectivity index (χ3v) is 3.94. The summed E-state index contributed by atoms with van der Waals surface area (Å²) < 4.78 is 20.1. The van der Waals surface area contributed by atoms with Crippen LogP contribution in [-0.2, 0) is 11.8 Å². The molecule has 0 aliphatic carbocycles. The molecule has 0 spiro atoms. The Balaban J connectivity index is 1.77. The van der Waals surface area contributed by atoms with Crippen molar-refractivity contribution in [2.45, 2.75) is 13.0 Å². The highest BCUT2D eigenvalue weighted by molar-refractivity contribution is 6.30. The SMILES string of the molecule is C[C@@H](OC(=O)Nc1c(-c2ncc(N)cn2)cnn1C)c1cc(F)cnc1Cl. The molecule has 1 amide bonds. The lowest BCUT2D eigenvalue weighted by atomic mass is 10.2. The number of aromatic nitrogens is 5. The lowest BCUT2D eigenvalue weighted by molar-refractivity contribution is 0.120. The van der Waals surface area contributed by atoms with Gasteiger partial charge in [0.25, 0.3) is 0 Å². The van der Waals surface area contributed by atoms with Gasteiger partial charge in [-0.1, -0.05) is 11.6 Å². The molecule has 0 radical (unpaired) electrons. The van der Waals surface area contributed by atoms with Crippen molar-refractivity contribution in [2.24, 2.45) is 7.05 Å². The quantitative estimate of drug-likeness (QED) is 0.655. The van der Waals surface area contributed by atoms with Crippen molar-refractivity contribution in [3.05, 3.63) is 47.4 Å². The first-order valence-electron chi connectivity index (χ1n) is 7.73. The van der Waals surface area contributed by atoms with E-state index in [1.165, 1.54) is 23.3 Å². The predicted molar refractivity (Wildman–Crippen MR) is 96.4 cm³/mol. The smallest absolute Gasteiger partial charge is 0.413 e. The van der Waals surface area contributed by atoms with Crippen molar-refractivity contribution >= 4 is 29.2 Å². The van der Waals surface area contributed by atoms with Gasteiger partial charge in [-0.3, -0.25) is 10.00 Å². The van der Waals surface area contributed by atoms with Gasteiger partial charge in [-0.15, -0.1) is 0 Å². The van der Waals surface area contributed by atoms with Crippen LogP contribution in [0.3, 0.4) is 0 Å². The maximum absolute atomic E-state index is 13.4. The number of carbonyl (C=O) groups is 1. The second-order valence-electron chi connectivity index (χ2n) is 5.58. The average molecular weight is 392 g/mol. The molecule has 3 heterocycles. The zero-order valence-corrected chi connectivity index (χ0v) is 15.1. The maximum atomic E-state index is 13.4. The van der Waals surface area contributed by atoms with Crippen LogP contribution in [-0.4, -0.2) is 30.8 Å². The van der Waals surface area contributed by atoms with Crippen LogP contribution < -0.4 is 11.1 Å². The number of nitrogens with zero attached hydrogens (tertiary/aromatic N) is 5. The van der Waals surface area contributed by atoms with Gasteiger partial charge in [0.15, 0.2) is 5.82 Å². The van der Waals surface area contributed by atoms with Crippen LogP contribution in [0.5, 0.6) is 0 Å². The lowest BCUT2D eigenvalue weighted by Crippen LogP contribution is -2.19. The van der Waals surface area contributed by atoms with Crippen LogP contribution in [0.1, 0.15) is 18.6 Å². The van der Waals surface area contributed by atoms with E-state index >= 15 is 0 Å². The minimum absolute atomic E-state index is 0.0493. The minimum Gasteiger partial charge on any atom is -0.441 e. The van der Waals surface area contributed by atoms with Crippen molar-refractivity contribution in [1.29, 1.82) is 0 Å². The van der Waals surface area contributed by atoms with Gasteiger partial charge in [0.05, 0.1) is 36.0 Å². The molecule has 9 nitrogen and oxygen atoms in total. The summed E-state index contributed by atoms with van der Waals surface area (Å²) in [5.74, 6) is 0.0677. The van der Waals surface area contributed by atoms with Crippen molar-refractivity contribution in [1.82, 2.24) is 24.7 Å². The Morgan fingerprint density at radius 2 is 2.00 bits per heavy atom. The van der Waals surface area contributed by atoms with Gasteiger partial charge in [-0.05, 0) is 13.0 Å². The number of amides is 1. The first-order valence-corrected chi connectivity index (χ1v) is 8.11. The number of nitrogen functional groups attached to an aromatic ring is 1. The molecule has 11 heteroatoms. The van der Waals surface area contributed by atoms with Crippen LogP contribution in [0.4, 0.5) is 20.7 Å². The summed E-state index contributed by atoms with van der Waals surface area (Å²) in [7, 11) is 1.63. The first kappa shape index (κ1) is 18.5. The summed E-state index contributed by atoms with van der Waals surface area (Å²) in [6.07, 6.45) is 3.75. The van der Waals surface area contributed by atoms with Crippen molar-refractivity contribution < 1.29 is 13.9 Å². The normalized spacial score (nSPS) is 11.9. The third-order valence-electron chi connectivity index (χ3n) is 3.63. The number of nitrogens with one attached hydrogen (secondary N) is 1. The number of nitrogens with two attached hydrogens (primary N) is 1. The van der Waals surface area contributed by atoms with Crippen LogP contribution >= 0.6 is 11.6 Å². The summed E-state index contributed by atoms with van der Waals surface area (Å²) in [5, 5.41) is 6.71. The molecular formula is C16H15ClFN7O2. The number of anilines is 2. The van der Waals surface area contributed by atoms with E-state index < -0.39 is 18.0 Å². The topological polar surface area (TPSA) is 121 Å². The van der Waals surface area contributed by atoms with Crippen molar-refractivity contribution in [3.8, 4) is 11.4 Å². The fraction of sp³-hybridized carbons (Fsp3) is 0.188. The molecule has 3 aromatic heterocycles. The number of hydrogen-bond acceptors (Lipinski definition) is 7. The predicted octanol–water partition coefficient (Wildman–Crippen LogP) is 2.96. The number of aryl methyl sites for hydroxylation is 1. The van der Waals surface area contributed by atoms with Crippen LogP contribution in [0.2, 0.25) is 5.15 Å². The Kier molecular flexibility index (Phi) is 5.17. The number of hydrogen-bond donors (Lipinski definition) is 2. The number of pyridine rings is 1. The van der Waals surface area contributed by atoms with Crippen LogP contribution in [0.25, 0.3) is 11.4 Å². The van der Waals surface area contributed by atoms with E-state index in [0.717, 1.165) is 12.3 Å². The number of ether oxygens (including phenoxy) is 1. The number of carbonyl (C=O) groups excluding carboxylic acids is 1. The van der Waals surface area contributed by atoms with Gasteiger partial charge in [0.2, 0.25) is 0 Å². The molecule has 3 aromatic rings. The molecular weight excluding hydrogens is 377 g/mol. The van der Waals surface area contributed by atoms with E-state index in [0.29, 0.717) is 22.9 Å². The molecule has 3 rings (SSSR count). The molecule has 0 saturated heterocycles. The summed E-state index contributed by atoms with van der Waals surface area (Å²) in [5.41, 5.74) is 6.72. The highest BCUT2D eigenvalue weighted by Gasteiger charge is 2.20. The second-order valence-corrected chi connectivity index (χ2v) is 5.93. The van der Waals surface area contributed by atoms with Gasteiger partial charge < -0.3 is 10.5 Å². The molecule has 140 valence electrons. The fourth-order valence-corrected chi connectivity index (χ4v) is 2.56. The summed E-state index contributed by atoms with van der Waals surface area (Å²) >= 11 is 5.93.